The molecule has 2 amide bonds. The van der Waals surface area contributed by atoms with Crippen LogP contribution in [-0.2, 0) is 20.7 Å². The minimum atomic E-state index is -0.235. The molecule has 3 aromatic carbocycles. The number of benzene rings is 3. The molecule has 0 atom stereocenters. The fourth-order valence-corrected chi connectivity index (χ4v) is 3.34. The van der Waals surface area contributed by atoms with Crippen molar-refractivity contribution in [2.45, 2.75) is 13.3 Å². The molecule has 0 unspecified atom stereocenters. The summed E-state index contributed by atoms with van der Waals surface area (Å²) in [5.74, 6) is -0.235. The molecule has 0 saturated carbocycles. The average Bonchev–Trinajstić information content (AvgIpc) is 2.82. The topological polar surface area (TPSA) is 71.0 Å². The molecular formula is C25H24AcCl2N3O3-. The Labute approximate surface area is 245 Å². The molecule has 175 valence electrons. The number of halogens is 2. The van der Waals surface area contributed by atoms with E-state index in [1.165, 1.54) is 19.0 Å². The van der Waals surface area contributed by atoms with Gasteiger partial charge >= 0.3 is 0 Å². The zero-order valence-electron chi connectivity index (χ0n) is 18.9. The number of hydrogen-bond donors (Lipinski definition) is 1. The predicted molar refractivity (Wildman–Crippen MR) is 133 cm³/mol. The van der Waals surface area contributed by atoms with Crippen LogP contribution in [0.4, 0.5) is 5.69 Å². The molecule has 0 fully saturated rings. The number of nitrogens with one attached hydrogen (secondary N) is 1. The van der Waals surface area contributed by atoms with Crippen LogP contribution in [0.15, 0.2) is 71.8 Å². The van der Waals surface area contributed by atoms with Crippen LogP contribution in [0.3, 0.4) is 0 Å². The van der Waals surface area contributed by atoms with Gasteiger partial charge in [-0.2, -0.15) is 41.0 Å². The molecule has 9 heteroatoms. The molecule has 1 radical (unpaired) electrons. The Morgan fingerprint density at radius 2 is 1.74 bits per heavy atom. The Kier molecular flexibility index (Phi) is 15.0. The molecule has 0 aliphatic carbocycles. The number of carbonyl (C=O) groups is 2. The summed E-state index contributed by atoms with van der Waals surface area (Å²) in [5.41, 5.74) is 3.30. The van der Waals surface area contributed by atoms with Crippen LogP contribution in [0.5, 0.6) is 0 Å². The van der Waals surface area contributed by atoms with E-state index in [-0.39, 0.29) is 50.0 Å². The number of anilines is 1. The zero-order valence-corrected chi connectivity index (χ0v) is 25.1. The van der Waals surface area contributed by atoms with Crippen LogP contribution in [0.1, 0.15) is 23.6 Å². The van der Waals surface area contributed by atoms with Gasteiger partial charge in [0.1, 0.15) is 6.73 Å². The summed E-state index contributed by atoms with van der Waals surface area (Å²) in [6.07, 6.45) is 2.81. The van der Waals surface area contributed by atoms with Gasteiger partial charge in [0.05, 0.1) is 11.9 Å². The third kappa shape index (κ3) is 10.3. The van der Waals surface area contributed by atoms with E-state index in [0.717, 1.165) is 16.7 Å². The Morgan fingerprint density at radius 1 is 1.12 bits per heavy atom. The number of methoxy groups -OCH3 is 1. The number of hydrazone groups is 1. The second kappa shape index (κ2) is 16.8. The molecule has 0 heterocycles. The molecule has 6 nitrogen and oxygen atoms in total. The summed E-state index contributed by atoms with van der Waals surface area (Å²) >= 11 is 12.9. The largest absolute Gasteiger partial charge is 0.365 e. The van der Waals surface area contributed by atoms with E-state index in [9.17, 15) is 9.59 Å². The second-order valence-corrected chi connectivity index (χ2v) is 7.53. The van der Waals surface area contributed by atoms with Crippen LogP contribution < -0.4 is 10.3 Å². The van der Waals surface area contributed by atoms with Gasteiger partial charge in [0.25, 0.3) is 0 Å². The molecular weight excluding hydrogens is 688 g/mol. The van der Waals surface area contributed by atoms with Crippen LogP contribution >= 0.6 is 23.2 Å². The standard InChI is InChI=1S/C22H17Cl2N2O.C3H7NO2.Ac/c1-16(27)26(25-15-18-10-6-3-7-11-18)19-13-21(23)20(22(24)14-19)12-17-8-4-2-5-9-17;1-6-3-4-2-5;/h3-11,13-15H,12H2,1H3;2H,3H2,1H3,(H,4,5);/q-1;;/b25-15+;;. The normalized spacial score (nSPS) is 10.0. The van der Waals surface area contributed by atoms with Crippen molar-refractivity contribution in [3.05, 3.63) is 99.5 Å². The summed E-state index contributed by atoms with van der Waals surface area (Å²) in [5, 5.41) is 8.86. The van der Waals surface area contributed by atoms with E-state index in [1.807, 2.05) is 54.6 Å². The van der Waals surface area contributed by atoms with Crippen molar-refractivity contribution in [2.75, 3.05) is 18.8 Å². The van der Waals surface area contributed by atoms with E-state index in [2.05, 4.69) is 21.2 Å². The molecule has 0 aromatic heterocycles. The Morgan fingerprint density at radius 3 is 2.24 bits per heavy atom. The molecule has 0 aliphatic rings. The molecule has 0 spiro atoms. The van der Waals surface area contributed by atoms with Crippen LogP contribution in [-0.4, -0.2) is 32.4 Å². The third-order valence-corrected chi connectivity index (χ3v) is 4.94. The van der Waals surface area contributed by atoms with Crippen molar-refractivity contribution in [1.29, 1.82) is 0 Å². The van der Waals surface area contributed by atoms with Crippen LogP contribution in [0.25, 0.3) is 0 Å². The van der Waals surface area contributed by atoms with Gasteiger partial charge in [-0.05, 0) is 29.7 Å². The third-order valence-electron chi connectivity index (χ3n) is 4.27. The molecule has 3 aromatic rings. The minimum Gasteiger partial charge on any atom is -0.365 e. The number of nitrogens with zero attached hydrogens (tertiary/aromatic N) is 2. The van der Waals surface area contributed by atoms with Gasteiger partial charge in [0, 0.05) is 68.1 Å². The number of carbonyl (C=O) groups excluding carboxylic acids is 2. The fourth-order valence-electron chi connectivity index (χ4n) is 2.73. The van der Waals surface area contributed by atoms with Gasteiger partial charge in [0.2, 0.25) is 12.3 Å². The number of rotatable bonds is 8. The van der Waals surface area contributed by atoms with Gasteiger partial charge in [-0.1, -0.05) is 53.5 Å². The second-order valence-electron chi connectivity index (χ2n) is 6.71. The van der Waals surface area contributed by atoms with Crippen molar-refractivity contribution in [2.24, 2.45) is 5.10 Å². The van der Waals surface area contributed by atoms with Crippen molar-refractivity contribution in [1.82, 2.24) is 5.32 Å². The Bertz CT molecular complexity index is 1040. The van der Waals surface area contributed by atoms with E-state index in [1.54, 1.807) is 18.3 Å². The number of ether oxygens (including phenoxy) is 1. The smallest absolute Gasteiger partial charge is 0.244 e. The maximum Gasteiger partial charge on any atom is 0.244 e. The molecule has 0 bridgehead atoms. The molecule has 3 rings (SSSR count). The molecule has 0 saturated heterocycles. The monoisotopic (exact) mass is 711 g/mol. The van der Waals surface area contributed by atoms with Crippen LogP contribution in [0, 0.1) is 50.1 Å². The molecule has 1 N–H and O–H groups in total. The first-order chi connectivity index (χ1) is 16.0. The zero-order chi connectivity index (χ0) is 24.1. The molecule has 0 aliphatic heterocycles. The minimum absolute atomic E-state index is 0. The first-order valence-electron chi connectivity index (χ1n) is 9.94. The Balaban J connectivity index is 0.000000735. The fraction of sp³-hybridized carbons (Fsp3) is 0.160. The van der Waals surface area contributed by atoms with Crippen LogP contribution in [0.2, 0.25) is 10.0 Å². The maximum atomic E-state index is 12.1. The average molecular weight is 712 g/mol. The van der Waals surface area contributed by atoms with Crippen molar-refractivity contribution in [3.8, 4) is 0 Å². The predicted octanol–water partition coefficient (Wildman–Crippen LogP) is 5.11. The quantitative estimate of drug-likeness (QED) is 0.0883. The summed E-state index contributed by atoms with van der Waals surface area (Å²) in [6, 6.07) is 23.6. The van der Waals surface area contributed by atoms with Crippen molar-refractivity contribution < 1.29 is 58.4 Å². The van der Waals surface area contributed by atoms with Gasteiger partial charge in [-0.15, -0.1) is 0 Å². The van der Waals surface area contributed by atoms with Gasteiger partial charge in [-0.3, -0.25) is 9.59 Å². The first-order valence-corrected chi connectivity index (χ1v) is 10.7. The summed E-state index contributed by atoms with van der Waals surface area (Å²) < 4.78 is 4.44. The maximum absolute atomic E-state index is 12.1. The van der Waals surface area contributed by atoms with E-state index in [0.29, 0.717) is 35.3 Å². The summed E-state index contributed by atoms with van der Waals surface area (Å²) in [6.45, 7) is 1.74. The van der Waals surface area contributed by atoms with E-state index in [4.69, 9.17) is 23.2 Å². The number of hydrogen-bond acceptors (Lipinski definition) is 4. The van der Waals surface area contributed by atoms with E-state index < -0.39 is 0 Å². The van der Waals surface area contributed by atoms with Crippen molar-refractivity contribution >= 4 is 47.4 Å². The SMILES string of the molecule is CC(=O)N(/N=C/c1ccccc1)c1cc(Cl)c(Cc2cc[c-]cc2)c(Cl)c1.COCNC=O.[Ac]. The van der Waals surface area contributed by atoms with Gasteiger partial charge in [-0.25, -0.2) is 5.01 Å². The van der Waals surface area contributed by atoms with E-state index >= 15 is 0 Å². The Hall–Kier alpha value is -1.75. The molecule has 34 heavy (non-hydrogen) atoms. The first kappa shape index (κ1) is 30.3. The van der Waals surface area contributed by atoms with Gasteiger partial charge < -0.3 is 10.1 Å². The van der Waals surface area contributed by atoms with Crippen molar-refractivity contribution in [3.63, 3.8) is 0 Å². The summed E-state index contributed by atoms with van der Waals surface area (Å²) in [7, 11) is 1.51. The summed E-state index contributed by atoms with van der Waals surface area (Å²) in [4.78, 5) is 21.5. The van der Waals surface area contributed by atoms with Gasteiger partial charge in [0.15, 0.2) is 0 Å². The number of amides is 2.